The highest BCUT2D eigenvalue weighted by atomic mass is 19.4. The first-order chi connectivity index (χ1) is 17.0. The molecule has 0 unspecified atom stereocenters. The average Bonchev–Trinajstić information content (AvgIpc) is 2.83. The lowest BCUT2D eigenvalue weighted by Crippen LogP contribution is -2.44. The van der Waals surface area contributed by atoms with Crippen LogP contribution in [-0.4, -0.2) is 52.6 Å². The highest BCUT2D eigenvalue weighted by molar-refractivity contribution is 5.95. The number of carbonyl (C=O) groups excluding carboxylic acids is 1. The molecule has 2 N–H and O–H groups in total. The highest BCUT2D eigenvalue weighted by Gasteiger charge is 2.32. The quantitative estimate of drug-likeness (QED) is 0.486. The molecule has 0 atom stereocenters. The van der Waals surface area contributed by atoms with Crippen molar-refractivity contribution in [2.75, 3.05) is 29.9 Å². The summed E-state index contributed by atoms with van der Waals surface area (Å²) < 4.78 is 45.9. The minimum absolute atomic E-state index is 0.227. The van der Waals surface area contributed by atoms with Gasteiger partial charge in [0.15, 0.2) is 6.61 Å². The Morgan fingerprint density at radius 2 is 1.78 bits per heavy atom. The van der Waals surface area contributed by atoms with Crippen LogP contribution in [0.1, 0.15) is 31.9 Å². The summed E-state index contributed by atoms with van der Waals surface area (Å²) in [5.74, 6) is 0.0379. The molecule has 4 rings (SSSR count). The van der Waals surface area contributed by atoms with E-state index in [1.807, 2.05) is 13.8 Å². The van der Waals surface area contributed by atoms with E-state index in [-0.39, 0.29) is 18.1 Å². The van der Waals surface area contributed by atoms with Crippen LogP contribution >= 0.6 is 0 Å². The zero-order valence-corrected chi connectivity index (χ0v) is 19.9. The fraction of sp³-hybridized carbons (Fsp3) is 0.400. The molecule has 1 aliphatic rings. The number of nitrogens with zero attached hydrogens (tertiary/aromatic N) is 3. The number of halogens is 3. The zero-order valence-electron chi connectivity index (χ0n) is 19.9. The number of hydrogen-bond donors (Lipinski definition) is 2. The second kappa shape index (κ2) is 10.2. The second-order valence-electron chi connectivity index (χ2n) is 8.76. The third-order valence-corrected chi connectivity index (χ3v) is 6.22. The van der Waals surface area contributed by atoms with E-state index < -0.39 is 17.9 Å². The maximum Gasteiger partial charge on any atom is 0.573 e. The van der Waals surface area contributed by atoms with Crippen molar-refractivity contribution in [1.82, 2.24) is 9.97 Å². The summed E-state index contributed by atoms with van der Waals surface area (Å²) in [5.41, 5.74) is 1.42. The van der Waals surface area contributed by atoms with Crippen LogP contribution in [0, 0.1) is 6.92 Å². The first-order valence-corrected chi connectivity index (χ1v) is 11.6. The number of piperidine rings is 1. The van der Waals surface area contributed by atoms with E-state index in [1.165, 1.54) is 12.1 Å². The molecule has 192 valence electrons. The Kier molecular flexibility index (Phi) is 7.21. The van der Waals surface area contributed by atoms with Crippen molar-refractivity contribution in [3.63, 3.8) is 0 Å². The number of hydrogen-bond acceptors (Lipinski definition) is 7. The number of rotatable bonds is 7. The number of anilines is 2. The summed E-state index contributed by atoms with van der Waals surface area (Å²) in [7, 11) is 0. The highest BCUT2D eigenvalue weighted by Crippen LogP contribution is 2.29. The summed E-state index contributed by atoms with van der Waals surface area (Å²) in [6.45, 7) is 4.90. The van der Waals surface area contributed by atoms with Gasteiger partial charge >= 0.3 is 6.36 Å². The number of fused-ring (bicyclic) bond motifs is 1. The van der Waals surface area contributed by atoms with Crippen LogP contribution < -0.4 is 19.7 Å². The average molecular weight is 505 g/mol. The van der Waals surface area contributed by atoms with Gasteiger partial charge in [-0.3, -0.25) is 4.79 Å². The van der Waals surface area contributed by atoms with Gasteiger partial charge in [0.2, 0.25) is 5.95 Å². The van der Waals surface area contributed by atoms with Gasteiger partial charge in [-0.25, -0.2) is 9.97 Å². The number of aryl methyl sites for hydroxylation is 1. The van der Waals surface area contributed by atoms with E-state index in [2.05, 4.69) is 24.9 Å². The molecule has 0 spiro atoms. The van der Waals surface area contributed by atoms with Gasteiger partial charge in [-0.2, -0.15) is 0 Å². The molecule has 2 heterocycles. The van der Waals surface area contributed by atoms with E-state index >= 15 is 0 Å². The zero-order chi connectivity index (χ0) is 25.9. The molecule has 1 aliphatic heterocycles. The standard InChI is InChI=1S/C25H27F3N4O4/c1-3-24(34)10-12-32(13-11-24)23-29-16(2)20-14-17(4-9-21(20)31-23)30-22(33)15-35-18-5-7-19(8-6-18)36-25(26,27)28/h4-9,14,34H,3,10-13,15H2,1-2H3,(H,30,33). The van der Waals surface area contributed by atoms with Gasteiger partial charge in [-0.05, 0) is 68.7 Å². The van der Waals surface area contributed by atoms with Gasteiger partial charge in [-0.15, -0.1) is 13.2 Å². The smallest absolute Gasteiger partial charge is 0.484 e. The molecule has 1 aromatic heterocycles. The normalized spacial score (nSPS) is 15.6. The van der Waals surface area contributed by atoms with Gasteiger partial charge in [-0.1, -0.05) is 6.92 Å². The monoisotopic (exact) mass is 504 g/mol. The Morgan fingerprint density at radius 1 is 1.11 bits per heavy atom. The molecule has 36 heavy (non-hydrogen) atoms. The minimum Gasteiger partial charge on any atom is -0.484 e. The third-order valence-electron chi connectivity index (χ3n) is 6.22. The first-order valence-electron chi connectivity index (χ1n) is 11.6. The van der Waals surface area contributed by atoms with Crippen molar-refractivity contribution in [3.05, 3.63) is 48.2 Å². The number of aromatic nitrogens is 2. The van der Waals surface area contributed by atoms with Crippen molar-refractivity contribution in [2.24, 2.45) is 0 Å². The van der Waals surface area contributed by atoms with Gasteiger partial charge < -0.3 is 24.8 Å². The number of benzene rings is 2. The summed E-state index contributed by atoms with van der Waals surface area (Å²) in [5, 5.41) is 14.0. The molecule has 11 heteroatoms. The molecule has 0 radical (unpaired) electrons. The molecule has 1 amide bonds. The van der Waals surface area contributed by atoms with Crippen LogP contribution in [0.4, 0.5) is 24.8 Å². The maximum atomic E-state index is 12.3. The van der Waals surface area contributed by atoms with E-state index in [4.69, 9.17) is 4.74 Å². The number of ether oxygens (including phenoxy) is 2. The molecule has 8 nitrogen and oxygen atoms in total. The predicted molar refractivity (Wildman–Crippen MR) is 128 cm³/mol. The summed E-state index contributed by atoms with van der Waals surface area (Å²) >= 11 is 0. The molecule has 0 aliphatic carbocycles. The maximum absolute atomic E-state index is 12.3. The Labute approximate surface area is 206 Å². The number of nitrogens with one attached hydrogen (secondary N) is 1. The SMILES string of the molecule is CCC1(O)CCN(c2nc(C)c3cc(NC(=O)COc4ccc(OC(F)(F)F)cc4)ccc3n2)CC1. The molecule has 3 aromatic rings. The molecule has 0 bridgehead atoms. The first kappa shape index (κ1) is 25.5. The van der Waals surface area contributed by atoms with Crippen molar-refractivity contribution >= 4 is 28.4 Å². The Morgan fingerprint density at radius 3 is 2.42 bits per heavy atom. The van der Waals surface area contributed by atoms with Crippen LogP contribution in [0.15, 0.2) is 42.5 Å². The molecule has 0 saturated carbocycles. The largest absolute Gasteiger partial charge is 0.573 e. The van der Waals surface area contributed by atoms with Crippen LogP contribution in [-0.2, 0) is 4.79 Å². The Hall–Kier alpha value is -3.60. The van der Waals surface area contributed by atoms with Gasteiger partial charge in [0.05, 0.1) is 16.8 Å². The topological polar surface area (TPSA) is 96.8 Å². The molecule has 2 aromatic carbocycles. The summed E-state index contributed by atoms with van der Waals surface area (Å²) in [4.78, 5) is 23.7. The lowest BCUT2D eigenvalue weighted by atomic mass is 9.89. The van der Waals surface area contributed by atoms with Crippen molar-refractivity contribution < 1.29 is 32.5 Å². The lowest BCUT2D eigenvalue weighted by Gasteiger charge is -2.37. The van der Waals surface area contributed by atoms with Gasteiger partial charge in [0.25, 0.3) is 5.91 Å². The fourth-order valence-electron chi connectivity index (χ4n) is 4.05. The molecule has 1 saturated heterocycles. The van der Waals surface area contributed by atoms with Crippen LogP contribution in [0.25, 0.3) is 10.9 Å². The van der Waals surface area contributed by atoms with E-state index in [0.717, 1.165) is 35.2 Å². The molecule has 1 fully saturated rings. The van der Waals surface area contributed by atoms with Gasteiger partial charge in [0, 0.05) is 24.2 Å². The Bertz CT molecular complexity index is 1230. The van der Waals surface area contributed by atoms with E-state index in [9.17, 15) is 23.1 Å². The predicted octanol–water partition coefficient (Wildman–Crippen LogP) is 4.60. The fourth-order valence-corrected chi connectivity index (χ4v) is 4.05. The van der Waals surface area contributed by atoms with E-state index in [0.29, 0.717) is 37.6 Å². The van der Waals surface area contributed by atoms with Crippen molar-refractivity contribution in [3.8, 4) is 11.5 Å². The lowest BCUT2D eigenvalue weighted by molar-refractivity contribution is -0.274. The molecular weight excluding hydrogens is 477 g/mol. The van der Waals surface area contributed by atoms with E-state index in [1.54, 1.807) is 18.2 Å². The second-order valence-corrected chi connectivity index (χ2v) is 8.76. The van der Waals surface area contributed by atoms with Crippen LogP contribution in [0.3, 0.4) is 0 Å². The third kappa shape index (κ3) is 6.34. The minimum atomic E-state index is -4.78. The van der Waals surface area contributed by atoms with Crippen LogP contribution in [0.2, 0.25) is 0 Å². The van der Waals surface area contributed by atoms with Crippen molar-refractivity contribution in [2.45, 2.75) is 45.1 Å². The van der Waals surface area contributed by atoms with Gasteiger partial charge in [0.1, 0.15) is 11.5 Å². The number of aliphatic hydroxyl groups is 1. The summed E-state index contributed by atoms with van der Waals surface area (Å²) in [6, 6.07) is 10.1. The molecular formula is C25H27F3N4O4. The number of amides is 1. The summed E-state index contributed by atoms with van der Waals surface area (Å²) in [6.07, 6.45) is -2.71. The number of alkyl halides is 3. The van der Waals surface area contributed by atoms with Crippen LogP contribution in [0.5, 0.6) is 11.5 Å². The Balaban J connectivity index is 1.36. The van der Waals surface area contributed by atoms with Crippen molar-refractivity contribution in [1.29, 1.82) is 0 Å². The number of carbonyl (C=O) groups is 1.